The molecule has 1 saturated heterocycles. The number of nitrogens with one attached hydrogen (secondary N) is 1. The van der Waals surface area contributed by atoms with E-state index >= 15 is 0 Å². The smallest absolute Gasteiger partial charge is 0.347 e. The van der Waals surface area contributed by atoms with E-state index in [9.17, 15) is 29.6 Å². The van der Waals surface area contributed by atoms with Gasteiger partial charge >= 0.3 is 11.9 Å². The van der Waals surface area contributed by atoms with Crippen LogP contribution in [0.25, 0.3) is 0 Å². The Bertz CT molecular complexity index is 1620. The fourth-order valence-corrected chi connectivity index (χ4v) is 45.8. The summed E-state index contributed by atoms with van der Waals surface area (Å²) in [6.07, 6.45) is -0.164. The third kappa shape index (κ3) is 8.12. The highest BCUT2D eigenvalue weighted by Crippen LogP contribution is 3.04. The molecule has 0 aliphatic carbocycles. The molecule has 11 nitrogen and oxygen atoms in total. The summed E-state index contributed by atoms with van der Waals surface area (Å²) in [6, 6.07) is 17.8. The van der Waals surface area contributed by atoms with Crippen LogP contribution in [-0.4, -0.2) is 34.6 Å². The molecular weight excluding hydrogens is 662 g/mol. The van der Waals surface area contributed by atoms with E-state index in [1.54, 1.807) is 58.4 Å². The summed E-state index contributed by atoms with van der Waals surface area (Å²) in [7, 11) is 0. The van der Waals surface area contributed by atoms with E-state index in [2.05, 4.69) is 10.2 Å². The molecule has 2 N–H and O–H groups in total. The fraction of sp³-hybridized carbons (Fsp3) is 0.160. The first-order valence-electron chi connectivity index (χ1n) is 12.0. The van der Waals surface area contributed by atoms with Crippen molar-refractivity contribution in [1.82, 2.24) is 0 Å². The summed E-state index contributed by atoms with van der Waals surface area (Å²) < 4.78 is 6.83. The van der Waals surface area contributed by atoms with Gasteiger partial charge in [0.25, 0.3) is 5.09 Å². The van der Waals surface area contributed by atoms with Crippen molar-refractivity contribution in [2.75, 3.05) is 11.9 Å². The number of rotatable bonds is 11. The predicted molar refractivity (Wildman–Crippen MR) is 171 cm³/mol. The van der Waals surface area contributed by atoms with Crippen LogP contribution in [0.1, 0.15) is 30.1 Å². The van der Waals surface area contributed by atoms with Gasteiger partial charge in [0, 0.05) is 29.6 Å². The minimum Gasteiger partial charge on any atom is -0.508 e. The van der Waals surface area contributed by atoms with Crippen LogP contribution in [-0.2, 0) is 38.0 Å². The van der Waals surface area contributed by atoms with Crippen LogP contribution in [0, 0.1) is 10.1 Å². The van der Waals surface area contributed by atoms with E-state index < -0.39 is 25.9 Å². The molecule has 0 aromatic heterocycles. The molecule has 1 aliphatic heterocycles. The number of phenolic OH excluding ortho intramolecular Hbond substituents is 1. The van der Waals surface area contributed by atoms with Crippen LogP contribution in [0.2, 0.25) is 0 Å². The van der Waals surface area contributed by atoms with Gasteiger partial charge in [-0.3, -0.25) is 9.59 Å². The van der Waals surface area contributed by atoms with Gasteiger partial charge in [-0.1, -0.05) is 45.6 Å². The number of aromatic hydroxyl groups is 1. The number of hydrogen-bond acceptors (Lipinski definition) is 13. The zero-order valence-corrected chi connectivity index (χ0v) is 26.7. The molecule has 3 aromatic rings. The van der Waals surface area contributed by atoms with Gasteiger partial charge in [0.1, 0.15) is 22.8 Å². The number of anilines is 1. The number of amides is 1. The predicted octanol–water partition coefficient (Wildman–Crippen LogP) is 5.51. The van der Waals surface area contributed by atoms with Crippen molar-refractivity contribution < 1.29 is 38.9 Å². The van der Waals surface area contributed by atoms with Gasteiger partial charge in [-0.2, -0.15) is 0 Å². The van der Waals surface area contributed by atoms with Gasteiger partial charge in [0.05, 0.1) is 15.5 Å². The van der Waals surface area contributed by atoms with Crippen molar-refractivity contribution >= 4 is 88.6 Å². The third-order valence-electron chi connectivity index (χ3n) is 5.42. The summed E-state index contributed by atoms with van der Waals surface area (Å²) in [6.45, 7) is 1.02. The Labute approximate surface area is 257 Å². The number of carbonyl (C=O) groups is 3. The molecule has 0 bridgehead atoms. The summed E-state index contributed by atoms with van der Waals surface area (Å²) >= 11 is 15.1. The first kappa shape index (κ1) is 32.0. The number of hydrogen-bond donors (Lipinski definition) is 2. The van der Waals surface area contributed by atoms with Gasteiger partial charge in [-0.15, -0.1) is 10.1 Å². The van der Waals surface area contributed by atoms with Crippen molar-refractivity contribution in [1.29, 1.82) is 0 Å². The molecule has 0 atom stereocenters. The minimum atomic E-state index is -2.05. The van der Waals surface area contributed by atoms with Gasteiger partial charge < -0.3 is 24.7 Å². The molecule has 42 heavy (non-hydrogen) atoms. The van der Waals surface area contributed by atoms with Crippen molar-refractivity contribution in [3.63, 3.8) is 0 Å². The van der Waals surface area contributed by atoms with Crippen LogP contribution < -0.4 is 25.4 Å². The van der Waals surface area contributed by atoms with Crippen molar-refractivity contribution in [3.8, 4) is 17.2 Å². The number of esters is 2. The number of nitrogens with zero attached hydrogens (tertiary/aromatic N) is 1. The third-order valence-corrected chi connectivity index (χ3v) is 36.7. The maximum absolute atomic E-state index is 13.1. The summed E-state index contributed by atoms with van der Waals surface area (Å²) in [5, 5.41) is 23.3. The molecule has 1 heterocycles. The van der Waals surface area contributed by atoms with E-state index in [0.717, 1.165) is 10.6 Å². The topological polar surface area (TPSA) is 154 Å². The first-order valence-corrected chi connectivity index (χ1v) is 21.7. The average molecular weight is 685 g/mol. The van der Waals surface area contributed by atoms with E-state index in [0.29, 0.717) is 0 Å². The second kappa shape index (κ2) is 13.6. The summed E-state index contributed by atoms with van der Waals surface area (Å²) in [4.78, 5) is 51.4. The minimum absolute atomic E-state index is 0.0308. The van der Waals surface area contributed by atoms with E-state index in [1.807, 2.05) is 12.1 Å². The second-order valence-electron chi connectivity index (χ2n) is 8.58. The molecule has 3 aromatic carbocycles. The monoisotopic (exact) mass is 684 g/mol. The molecule has 0 saturated carbocycles. The quantitative estimate of drug-likeness (QED) is 0.0652. The molecule has 0 radical (unpaired) electrons. The summed E-state index contributed by atoms with van der Waals surface area (Å²) in [5.74, 6) is -1.66. The Morgan fingerprint density at radius 1 is 0.952 bits per heavy atom. The molecule has 220 valence electrons. The van der Waals surface area contributed by atoms with Crippen molar-refractivity contribution in [3.05, 3.63) is 82.4 Å². The van der Waals surface area contributed by atoms with Crippen LogP contribution in [0.3, 0.4) is 0 Å². The Morgan fingerprint density at radius 2 is 1.55 bits per heavy atom. The highest BCUT2D eigenvalue weighted by Gasteiger charge is 2.45. The standard InChI is InChI=1S/C25H22N2O9P2S4/c1-16(28)26-17-4-13-23(36-24(30)3-2-14-34-27(32)33)22(15-17)25(31)35-19-7-11-21(12-8-19)38(40)41-37(39,42-38)20-9-5-18(29)6-10-20/h4-13,15,29H,2-3,14H2,1H3,(H,26,28). The van der Waals surface area contributed by atoms with Crippen molar-refractivity contribution in [2.24, 2.45) is 0 Å². The maximum Gasteiger partial charge on any atom is 0.347 e. The SMILES string of the molecule is CC(=O)Nc1ccc(OC(=O)CCCO[N+](=O)[O-])c(C(=O)Oc2ccc(P3(=S)SP(=S)(c4ccc(O)cc4)S3)cc2)c1. The zero-order chi connectivity index (χ0) is 30.5. The highest BCUT2D eigenvalue weighted by atomic mass is 33.7. The number of phenols is 1. The van der Waals surface area contributed by atoms with Crippen LogP contribution in [0.15, 0.2) is 66.7 Å². The molecule has 0 unspecified atom stereocenters. The second-order valence-corrected chi connectivity index (χ2v) is 29.9. The van der Waals surface area contributed by atoms with Crippen LogP contribution in [0.4, 0.5) is 5.69 Å². The average Bonchev–Trinajstić information content (AvgIpc) is 2.91. The number of carbonyl (C=O) groups excluding carboxylic acids is 3. The lowest BCUT2D eigenvalue weighted by molar-refractivity contribution is -0.757. The highest BCUT2D eigenvalue weighted by molar-refractivity contribution is 9.48. The Kier molecular flexibility index (Phi) is 10.3. The van der Waals surface area contributed by atoms with Crippen LogP contribution >= 0.6 is 30.9 Å². The Hall–Kier alpha value is -2.93. The largest absolute Gasteiger partial charge is 0.508 e. The Balaban J connectivity index is 1.45. The van der Waals surface area contributed by atoms with E-state index in [1.165, 1.54) is 25.1 Å². The van der Waals surface area contributed by atoms with Gasteiger partial charge in [0.15, 0.2) is 0 Å². The van der Waals surface area contributed by atoms with E-state index in [-0.39, 0.29) is 53.9 Å². The van der Waals surface area contributed by atoms with Gasteiger partial charge in [-0.05, 0) is 73.2 Å². The van der Waals surface area contributed by atoms with Gasteiger partial charge in [-0.25, -0.2) is 4.79 Å². The Morgan fingerprint density at radius 3 is 2.12 bits per heavy atom. The van der Waals surface area contributed by atoms with Gasteiger partial charge in [0.2, 0.25) is 5.91 Å². The molecule has 0 spiro atoms. The van der Waals surface area contributed by atoms with Crippen molar-refractivity contribution in [2.45, 2.75) is 19.8 Å². The molecule has 1 amide bonds. The molecule has 1 aliphatic rings. The molecular formula is C25H22N2O9P2S4. The zero-order valence-electron chi connectivity index (χ0n) is 21.7. The lowest BCUT2D eigenvalue weighted by atomic mass is 10.1. The molecule has 1 fully saturated rings. The summed E-state index contributed by atoms with van der Waals surface area (Å²) in [5.41, 5.74) is 0.164. The maximum atomic E-state index is 13.1. The lowest BCUT2D eigenvalue weighted by Crippen LogP contribution is -2.16. The fourth-order valence-electron chi connectivity index (χ4n) is 3.56. The molecule has 17 heteroatoms. The lowest BCUT2D eigenvalue weighted by Gasteiger charge is -2.40. The van der Waals surface area contributed by atoms with Crippen LogP contribution in [0.5, 0.6) is 17.2 Å². The normalized spacial score (nSPS) is 19.2. The first-order chi connectivity index (χ1) is 19.9. The van der Waals surface area contributed by atoms with E-state index in [4.69, 9.17) is 33.1 Å². The number of ether oxygens (including phenoxy) is 2. The number of benzene rings is 3. The molecule has 4 rings (SSSR count).